The highest BCUT2D eigenvalue weighted by Gasteiger charge is 2.19. The summed E-state index contributed by atoms with van der Waals surface area (Å²) < 4.78 is 11.1. The second kappa shape index (κ2) is 6.19. The summed E-state index contributed by atoms with van der Waals surface area (Å²) in [6, 6.07) is 4.74. The van der Waals surface area contributed by atoms with Crippen molar-refractivity contribution < 1.29 is 9.15 Å². The molecule has 17 heavy (non-hydrogen) atoms. The summed E-state index contributed by atoms with van der Waals surface area (Å²) in [7, 11) is 4.09. The van der Waals surface area contributed by atoms with Crippen molar-refractivity contribution >= 4 is 0 Å². The third-order valence-corrected chi connectivity index (χ3v) is 3.29. The number of furan rings is 1. The Hall–Kier alpha value is -0.840. The van der Waals surface area contributed by atoms with Crippen molar-refractivity contribution in [3.63, 3.8) is 0 Å². The van der Waals surface area contributed by atoms with Gasteiger partial charge in [0.15, 0.2) is 0 Å². The second-order valence-electron chi connectivity index (χ2n) is 4.66. The quantitative estimate of drug-likeness (QED) is 0.845. The van der Waals surface area contributed by atoms with Gasteiger partial charge in [0.05, 0.1) is 13.1 Å². The lowest BCUT2D eigenvalue weighted by Crippen LogP contribution is -2.36. The van der Waals surface area contributed by atoms with Crippen LogP contribution in [0.3, 0.4) is 0 Å². The van der Waals surface area contributed by atoms with Gasteiger partial charge in [0.2, 0.25) is 0 Å². The van der Waals surface area contributed by atoms with Crippen LogP contribution in [0.5, 0.6) is 0 Å². The van der Waals surface area contributed by atoms with Crippen molar-refractivity contribution in [3.05, 3.63) is 23.7 Å². The first-order valence-corrected chi connectivity index (χ1v) is 6.30. The zero-order valence-corrected chi connectivity index (χ0v) is 10.7. The van der Waals surface area contributed by atoms with E-state index in [-0.39, 0.29) is 0 Å². The van der Waals surface area contributed by atoms with Gasteiger partial charge in [-0.05, 0) is 39.1 Å². The summed E-state index contributed by atoms with van der Waals surface area (Å²) in [5.74, 6) is 2.05. The normalized spacial score (nSPS) is 17.8. The van der Waals surface area contributed by atoms with Gasteiger partial charge in [0.1, 0.15) is 11.5 Å². The van der Waals surface area contributed by atoms with Crippen LogP contribution in [0.4, 0.5) is 0 Å². The highest BCUT2D eigenvalue weighted by atomic mass is 16.5. The molecule has 0 aliphatic carbocycles. The first-order valence-electron chi connectivity index (χ1n) is 6.30. The van der Waals surface area contributed by atoms with E-state index in [0.717, 1.165) is 50.7 Å². The summed E-state index contributed by atoms with van der Waals surface area (Å²) >= 11 is 0. The van der Waals surface area contributed by atoms with Gasteiger partial charge in [0, 0.05) is 19.3 Å². The van der Waals surface area contributed by atoms with Crippen LogP contribution in [0.2, 0.25) is 0 Å². The molecule has 2 heterocycles. The third-order valence-electron chi connectivity index (χ3n) is 3.29. The summed E-state index contributed by atoms with van der Waals surface area (Å²) in [6.07, 6.45) is 2.25. The Morgan fingerprint density at radius 3 is 2.71 bits per heavy atom. The van der Waals surface area contributed by atoms with E-state index in [1.165, 1.54) is 0 Å². The molecule has 0 amide bonds. The summed E-state index contributed by atoms with van der Waals surface area (Å²) in [6.45, 7) is 3.45. The van der Waals surface area contributed by atoms with Crippen LogP contribution in [-0.4, -0.2) is 38.3 Å². The van der Waals surface area contributed by atoms with E-state index in [0.29, 0.717) is 6.04 Å². The molecule has 0 radical (unpaired) electrons. The lowest BCUT2D eigenvalue weighted by atomic mass is 10.1. The molecule has 4 nitrogen and oxygen atoms in total. The van der Waals surface area contributed by atoms with Crippen molar-refractivity contribution in [1.82, 2.24) is 10.2 Å². The van der Waals surface area contributed by atoms with E-state index >= 15 is 0 Å². The van der Waals surface area contributed by atoms with Gasteiger partial charge < -0.3 is 14.5 Å². The summed E-state index contributed by atoms with van der Waals surface area (Å²) in [5, 5.41) is 3.09. The van der Waals surface area contributed by atoms with Gasteiger partial charge in [-0.2, -0.15) is 0 Å². The maximum absolute atomic E-state index is 5.75. The van der Waals surface area contributed by atoms with Gasteiger partial charge in [-0.25, -0.2) is 0 Å². The fourth-order valence-electron chi connectivity index (χ4n) is 2.28. The molecule has 0 bridgehead atoms. The van der Waals surface area contributed by atoms with Crippen LogP contribution < -0.4 is 5.32 Å². The number of hydrogen-bond acceptors (Lipinski definition) is 4. The standard InChI is InChI=1S/C13H22N2O2/c1-14-9-12-3-4-13(17-12)10-15(2)11-5-7-16-8-6-11/h3-4,11,14H,5-10H2,1-2H3. The molecule has 1 N–H and O–H groups in total. The molecule has 1 aliphatic rings. The average Bonchev–Trinajstić information content (AvgIpc) is 2.78. The number of nitrogens with zero attached hydrogens (tertiary/aromatic N) is 1. The summed E-state index contributed by atoms with van der Waals surface area (Å²) in [4.78, 5) is 2.37. The minimum Gasteiger partial charge on any atom is -0.463 e. The predicted octanol–water partition coefficient (Wildman–Crippen LogP) is 1.61. The Labute approximate surface area is 103 Å². The van der Waals surface area contributed by atoms with E-state index in [1.807, 2.05) is 13.1 Å². The van der Waals surface area contributed by atoms with Crippen molar-refractivity contribution in [2.75, 3.05) is 27.3 Å². The smallest absolute Gasteiger partial charge is 0.118 e. The van der Waals surface area contributed by atoms with Crippen molar-refractivity contribution in [1.29, 1.82) is 0 Å². The van der Waals surface area contributed by atoms with Crippen LogP contribution in [0, 0.1) is 0 Å². The largest absolute Gasteiger partial charge is 0.463 e. The Balaban J connectivity index is 1.85. The second-order valence-corrected chi connectivity index (χ2v) is 4.66. The maximum Gasteiger partial charge on any atom is 0.118 e. The zero-order valence-electron chi connectivity index (χ0n) is 10.7. The first-order chi connectivity index (χ1) is 8.29. The molecule has 0 unspecified atom stereocenters. The number of hydrogen-bond donors (Lipinski definition) is 1. The molecule has 0 aromatic carbocycles. The molecule has 4 heteroatoms. The molecular formula is C13H22N2O2. The molecular weight excluding hydrogens is 216 g/mol. The van der Waals surface area contributed by atoms with E-state index < -0.39 is 0 Å². The fraction of sp³-hybridized carbons (Fsp3) is 0.692. The SMILES string of the molecule is CNCc1ccc(CN(C)C2CCOCC2)o1. The zero-order chi connectivity index (χ0) is 12.1. The van der Waals surface area contributed by atoms with Crippen LogP contribution >= 0.6 is 0 Å². The van der Waals surface area contributed by atoms with Crippen LogP contribution in [0.1, 0.15) is 24.4 Å². The van der Waals surface area contributed by atoms with E-state index in [9.17, 15) is 0 Å². The van der Waals surface area contributed by atoms with Crippen LogP contribution in [0.25, 0.3) is 0 Å². The minimum atomic E-state index is 0.626. The van der Waals surface area contributed by atoms with E-state index in [2.05, 4.69) is 23.3 Å². The Morgan fingerprint density at radius 2 is 2.00 bits per heavy atom. The van der Waals surface area contributed by atoms with Gasteiger partial charge in [-0.3, -0.25) is 4.90 Å². The molecule has 96 valence electrons. The Kier molecular flexibility index (Phi) is 4.59. The first kappa shape index (κ1) is 12.6. The number of nitrogens with one attached hydrogen (secondary N) is 1. The molecule has 1 saturated heterocycles. The summed E-state index contributed by atoms with van der Waals surface area (Å²) in [5.41, 5.74) is 0. The van der Waals surface area contributed by atoms with Crippen molar-refractivity contribution in [2.24, 2.45) is 0 Å². The molecule has 0 saturated carbocycles. The highest BCUT2D eigenvalue weighted by Crippen LogP contribution is 2.17. The topological polar surface area (TPSA) is 37.6 Å². The Morgan fingerprint density at radius 1 is 1.29 bits per heavy atom. The Bertz CT molecular complexity index is 332. The van der Waals surface area contributed by atoms with Gasteiger partial charge in [0.25, 0.3) is 0 Å². The lowest BCUT2D eigenvalue weighted by Gasteiger charge is -2.30. The molecule has 1 aliphatic heterocycles. The third kappa shape index (κ3) is 3.56. The van der Waals surface area contributed by atoms with Gasteiger partial charge >= 0.3 is 0 Å². The molecule has 1 fully saturated rings. The molecule has 1 aromatic rings. The molecule has 0 atom stereocenters. The van der Waals surface area contributed by atoms with Gasteiger partial charge in [-0.15, -0.1) is 0 Å². The lowest BCUT2D eigenvalue weighted by molar-refractivity contribution is 0.0386. The average molecular weight is 238 g/mol. The van der Waals surface area contributed by atoms with E-state index in [1.54, 1.807) is 0 Å². The fourth-order valence-corrected chi connectivity index (χ4v) is 2.28. The predicted molar refractivity (Wildman–Crippen MR) is 66.8 cm³/mol. The van der Waals surface area contributed by atoms with Crippen molar-refractivity contribution in [2.45, 2.75) is 32.0 Å². The van der Waals surface area contributed by atoms with Crippen LogP contribution in [0.15, 0.2) is 16.5 Å². The minimum absolute atomic E-state index is 0.626. The van der Waals surface area contributed by atoms with Gasteiger partial charge in [-0.1, -0.05) is 0 Å². The monoisotopic (exact) mass is 238 g/mol. The molecule has 2 rings (SSSR count). The van der Waals surface area contributed by atoms with E-state index in [4.69, 9.17) is 9.15 Å². The number of ether oxygens (including phenoxy) is 1. The van der Waals surface area contributed by atoms with Crippen molar-refractivity contribution in [3.8, 4) is 0 Å². The molecule has 1 aromatic heterocycles. The van der Waals surface area contributed by atoms with Crippen LogP contribution in [-0.2, 0) is 17.8 Å². The molecule has 0 spiro atoms. The highest BCUT2D eigenvalue weighted by molar-refractivity contribution is 5.07. The maximum atomic E-state index is 5.75. The number of rotatable bonds is 5.